The highest BCUT2D eigenvalue weighted by Crippen LogP contribution is 2.64. The van der Waals surface area contributed by atoms with Crippen LogP contribution in [0.4, 0.5) is 10.1 Å². The molecular formula is C33H31Cl2FN2O7. The van der Waals surface area contributed by atoms with E-state index in [1.165, 1.54) is 29.2 Å². The maximum Gasteiger partial charge on any atom is 0.303 e. The molecule has 2 aromatic rings. The molecule has 4 aliphatic rings. The largest absolute Gasteiger partial charge is 0.508 e. The molecule has 236 valence electrons. The first-order valence-corrected chi connectivity index (χ1v) is 15.7. The molecule has 0 radical (unpaired) electrons. The molecule has 12 heteroatoms. The molecular weight excluding hydrogens is 626 g/mol. The van der Waals surface area contributed by atoms with E-state index < -0.39 is 58.6 Å². The Labute approximate surface area is 268 Å². The van der Waals surface area contributed by atoms with E-state index in [9.17, 15) is 33.5 Å². The molecule has 2 aromatic carbocycles. The van der Waals surface area contributed by atoms with Gasteiger partial charge in [0.2, 0.25) is 23.6 Å². The summed E-state index contributed by atoms with van der Waals surface area (Å²) in [5.41, 5.74) is 0.0118. The number of benzene rings is 2. The summed E-state index contributed by atoms with van der Waals surface area (Å²) in [5, 5.41) is 19.0. The second-order valence-electron chi connectivity index (χ2n) is 12.5. The minimum atomic E-state index is -1.36. The summed E-state index contributed by atoms with van der Waals surface area (Å²) in [4.78, 5) is 69.1. The molecule has 2 heterocycles. The Kier molecular flexibility index (Phi) is 8.02. The van der Waals surface area contributed by atoms with Gasteiger partial charge < -0.3 is 10.2 Å². The number of carboxylic acids is 1. The predicted molar refractivity (Wildman–Crippen MR) is 162 cm³/mol. The number of rotatable bonds is 8. The average Bonchev–Trinajstić information content (AvgIpc) is 3.34. The number of amides is 4. The molecule has 6 unspecified atom stereocenters. The highest BCUT2D eigenvalue weighted by molar-refractivity contribution is 6.32. The van der Waals surface area contributed by atoms with Gasteiger partial charge in [-0.2, -0.15) is 0 Å². The van der Waals surface area contributed by atoms with E-state index in [1.54, 1.807) is 13.0 Å². The maximum absolute atomic E-state index is 14.4. The summed E-state index contributed by atoms with van der Waals surface area (Å²) >= 11 is 12.7. The predicted octanol–water partition coefficient (Wildman–Crippen LogP) is 5.71. The van der Waals surface area contributed by atoms with E-state index in [-0.39, 0.29) is 59.1 Å². The van der Waals surface area contributed by atoms with Gasteiger partial charge >= 0.3 is 5.97 Å². The van der Waals surface area contributed by atoms with E-state index in [2.05, 4.69) is 0 Å². The van der Waals surface area contributed by atoms with Gasteiger partial charge in [-0.05, 0) is 74.4 Å². The molecule has 6 rings (SSSR count). The zero-order chi connectivity index (χ0) is 32.4. The zero-order valence-corrected chi connectivity index (χ0v) is 25.9. The maximum atomic E-state index is 14.4. The Balaban J connectivity index is 1.40. The number of unbranched alkanes of at least 4 members (excludes halogenated alkanes) is 2. The fourth-order valence-electron chi connectivity index (χ4n) is 7.99. The standard InChI is InChI=1S/C33H31Cl2FN2O7/c1-33-22(30(43)38(32(33)45)16-6-11-25(36)24(35)13-16)15-21-18(28(33)19-8-7-17(39)14-23(19)34)9-10-20-27(21)31(44)37(29(20)42)12-4-2-3-5-26(40)41/h6-9,11,13-14,20-22,27-28,39H,2-5,10,12,15H2,1H3,(H,40,41). The third-order valence-electron chi connectivity index (χ3n) is 10.1. The molecule has 9 nitrogen and oxygen atoms in total. The summed E-state index contributed by atoms with van der Waals surface area (Å²) in [7, 11) is 0. The molecule has 2 saturated heterocycles. The Morgan fingerprint density at radius 1 is 0.978 bits per heavy atom. The molecule has 45 heavy (non-hydrogen) atoms. The molecule has 0 spiro atoms. The van der Waals surface area contributed by atoms with Crippen LogP contribution in [0, 0.1) is 34.9 Å². The Morgan fingerprint density at radius 3 is 2.42 bits per heavy atom. The van der Waals surface area contributed by atoms with E-state index in [4.69, 9.17) is 28.3 Å². The van der Waals surface area contributed by atoms with Crippen LogP contribution in [-0.2, 0) is 24.0 Å². The van der Waals surface area contributed by atoms with E-state index in [0.29, 0.717) is 24.8 Å². The topological polar surface area (TPSA) is 132 Å². The number of hydrogen-bond donors (Lipinski definition) is 2. The zero-order valence-electron chi connectivity index (χ0n) is 24.3. The Morgan fingerprint density at radius 2 is 1.73 bits per heavy atom. The van der Waals surface area contributed by atoms with E-state index >= 15 is 0 Å². The first kappa shape index (κ1) is 31.2. The van der Waals surface area contributed by atoms with Gasteiger partial charge in [-0.3, -0.25) is 28.9 Å². The highest BCUT2D eigenvalue weighted by Gasteiger charge is 2.67. The van der Waals surface area contributed by atoms with Crippen LogP contribution in [0.2, 0.25) is 10.0 Å². The van der Waals surface area contributed by atoms with Crippen LogP contribution in [0.25, 0.3) is 0 Å². The van der Waals surface area contributed by atoms with Crippen molar-refractivity contribution in [2.75, 3.05) is 11.4 Å². The van der Waals surface area contributed by atoms with Crippen molar-refractivity contribution in [3.8, 4) is 5.75 Å². The van der Waals surface area contributed by atoms with Crippen molar-refractivity contribution in [2.24, 2.45) is 29.1 Å². The summed E-state index contributed by atoms with van der Waals surface area (Å²) in [6.07, 6.45) is 3.78. The van der Waals surface area contributed by atoms with Crippen LogP contribution in [0.3, 0.4) is 0 Å². The van der Waals surface area contributed by atoms with Crippen molar-refractivity contribution >= 4 is 58.5 Å². The summed E-state index contributed by atoms with van der Waals surface area (Å²) < 4.78 is 14.0. The normalized spacial score (nSPS) is 29.1. The Bertz CT molecular complexity index is 1680. The highest BCUT2D eigenvalue weighted by atomic mass is 35.5. The van der Waals surface area contributed by atoms with Crippen molar-refractivity contribution in [2.45, 2.75) is 51.4 Å². The number of carboxylic acid groups (broad SMARTS) is 1. The fourth-order valence-corrected chi connectivity index (χ4v) is 8.45. The first-order valence-electron chi connectivity index (χ1n) is 14.9. The number of phenolic OH excluding ortho intramolecular Hbond substituents is 1. The number of aliphatic carboxylic acids is 1. The van der Waals surface area contributed by atoms with Gasteiger partial charge in [0, 0.05) is 23.9 Å². The van der Waals surface area contributed by atoms with Crippen LogP contribution in [0.1, 0.15) is 56.9 Å². The van der Waals surface area contributed by atoms with Crippen molar-refractivity contribution in [3.63, 3.8) is 0 Å². The van der Waals surface area contributed by atoms with Gasteiger partial charge in [-0.25, -0.2) is 9.29 Å². The number of carbonyl (C=O) groups is 5. The first-order chi connectivity index (χ1) is 21.4. The second-order valence-corrected chi connectivity index (χ2v) is 13.3. The van der Waals surface area contributed by atoms with Crippen molar-refractivity contribution in [1.29, 1.82) is 0 Å². The van der Waals surface area contributed by atoms with Crippen LogP contribution >= 0.6 is 23.2 Å². The van der Waals surface area contributed by atoms with Crippen LogP contribution in [-0.4, -0.2) is 51.3 Å². The number of fused-ring (bicyclic) bond motifs is 4. The number of anilines is 1. The molecule has 2 N–H and O–H groups in total. The molecule has 6 atom stereocenters. The van der Waals surface area contributed by atoms with Crippen LogP contribution in [0.15, 0.2) is 48.0 Å². The summed E-state index contributed by atoms with van der Waals surface area (Å²) in [6, 6.07) is 8.05. The van der Waals surface area contributed by atoms with Gasteiger partial charge in [0.25, 0.3) is 0 Å². The van der Waals surface area contributed by atoms with Crippen LogP contribution < -0.4 is 4.90 Å². The van der Waals surface area contributed by atoms with Gasteiger partial charge in [-0.15, -0.1) is 0 Å². The number of phenols is 1. The van der Waals surface area contributed by atoms with Gasteiger partial charge in [0.05, 0.1) is 33.9 Å². The summed E-state index contributed by atoms with van der Waals surface area (Å²) in [6.45, 7) is 1.88. The number of hydrogen-bond acceptors (Lipinski definition) is 6. The third-order valence-corrected chi connectivity index (χ3v) is 10.7. The minimum Gasteiger partial charge on any atom is -0.508 e. The van der Waals surface area contributed by atoms with Crippen molar-refractivity contribution < 1.29 is 38.6 Å². The lowest BCUT2D eigenvalue weighted by Crippen LogP contribution is -2.49. The molecule has 2 aliphatic heterocycles. The molecule has 4 amide bonds. The van der Waals surface area contributed by atoms with E-state index in [1.807, 2.05) is 6.08 Å². The number of halogens is 3. The fraction of sp³-hybridized carbons (Fsp3) is 0.424. The van der Waals surface area contributed by atoms with Gasteiger partial charge in [-0.1, -0.05) is 47.3 Å². The monoisotopic (exact) mass is 656 g/mol. The lowest BCUT2D eigenvalue weighted by atomic mass is 9.51. The van der Waals surface area contributed by atoms with Crippen molar-refractivity contribution in [3.05, 3.63) is 69.5 Å². The van der Waals surface area contributed by atoms with Gasteiger partial charge in [0.1, 0.15) is 11.6 Å². The van der Waals surface area contributed by atoms with Crippen LogP contribution in [0.5, 0.6) is 5.75 Å². The number of allylic oxidation sites excluding steroid dienone is 2. The van der Waals surface area contributed by atoms with Crippen molar-refractivity contribution in [1.82, 2.24) is 4.90 Å². The molecule has 1 saturated carbocycles. The minimum absolute atomic E-state index is 0.0117. The number of imide groups is 2. The average molecular weight is 658 g/mol. The molecule has 0 aromatic heterocycles. The molecule has 3 fully saturated rings. The second kappa shape index (κ2) is 11.6. The Hall–Kier alpha value is -3.76. The molecule has 2 aliphatic carbocycles. The third kappa shape index (κ3) is 4.93. The lowest BCUT2D eigenvalue weighted by molar-refractivity contribution is -0.141. The quantitative estimate of drug-likeness (QED) is 0.211. The van der Waals surface area contributed by atoms with Gasteiger partial charge in [0.15, 0.2) is 0 Å². The number of likely N-dealkylation sites (tertiary alicyclic amines) is 1. The number of carbonyl (C=O) groups excluding carboxylic acids is 4. The molecule has 0 bridgehead atoms. The smallest absolute Gasteiger partial charge is 0.303 e. The SMILES string of the molecule is CC12C(=O)N(c3ccc(F)c(Cl)c3)C(=O)C1CC1C(=CCC3C(=O)N(CCCCCC(=O)O)C(=O)C31)C2c1ccc(O)cc1Cl. The lowest BCUT2D eigenvalue weighted by Gasteiger charge is -2.49. The van der Waals surface area contributed by atoms with E-state index in [0.717, 1.165) is 16.5 Å². The summed E-state index contributed by atoms with van der Waals surface area (Å²) in [5.74, 6) is -6.91. The number of aromatic hydroxyl groups is 1. The number of nitrogens with zero attached hydrogens (tertiary/aromatic N) is 2.